The quantitative estimate of drug-likeness (QED) is 0.472. The Morgan fingerprint density at radius 2 is 1.74 bits per heavy atom. The zero-order valence-corrected chi connectivity index (χ0v) is 17.0. The lowest BCUT2D eigenvalue weighted by Crippen LogP contribution is -2.30. The van der Waals surface area contributed by atoms with Crippen LogP contribution < -0.4 is 9.64 Å². The van der Waals surface area contributed by atoms with Crippen molar-refractivity contribution < 1.29 is 18.7 Å². The normalized spacial score (nSPS) is 13.2. The fourth-order valence-electron chi connectivity index (χ4n) is 3.88. The summed E-state index contributed by atoms with van der Waals surface area (Å²) in [4.78, 5) is 31.6. The van der Waals surface area contributed by atoms with Crippen LogP contribution in [0.25, 0.3) is 16.7 Å². The number of ether oxygens (including phenoxy) is 1. The van der Waals surface area contributed by atoms with Crippen LogP contribution in [-0.2, 0) is 0 Å². The molecular formula is C23H17FN4O3. The van der Waals surface area contributed by atoms with Crippen LogP contribution in [0.3, 0.4) is 0 Å². The van der Waals surface area contributed by atoms with Crippen LogP contribution in [0.15, 0.2) is 48.7 Å². The second kappa shape index (κ2) is 6.73. The van der Waals surface area contributed by atoms with Gasteiger partial charge < -0.3 is 4.74 Å². The van der Waals surface area contributed by atoms with E-state index >= 15 is 0 Å². The molecule has 0 atom stereocenters. The van der Waals surface area contributed by atoms with Gasteiger partial charge in [0.1, 0.15) is 11.6 Å². The van der Waals surface area contributed by atoms with Crippen molar-refractivity contribution in [2.24, 2.45) is 0 Å². The van der Waals surface area contributed by atoms with Gasteiger partial charge >= 0.3 is 0 Å². The molecule has 1 aliphatic rings. The summed E-state index contributed by atoms with van der Waals surface area (Å²) in [6.45, 7) is 3.48. The van der Waals surface area contributed by atoms with E-state index in [-0.39, 0.29) is 16.8 Å². The predicted molar refractivity (Wildman–Crippen MR) is 112 cm³/mol. The zero-order chi connectivity index (χ0) is 21.9. The Bertz CT molecular complexity index is 1390. The second-order valence-electron chi connectivity index (χ2n) is 7.34. The number of imide groups is 1. The van der Waals surface area contributed by atoms with Gasteiger partial charge in [0.2, 0.25) is 0 Å². The van der Waals surface area contributed by atoms with E-state index in [1.54, 1.807) is 43.8 Å². The zero-order valence-electron chi connectivity index (χ0n) is 17.0. The highest BCUT2D eigenvalue weighted by molar-refractivity contribution is 6.37. The van der Waals surface area contributed by atoms with Gasteiger partial charge in [-0.15, -0.1) is 0 Å². The van der Waals surface area contributed by atoms with E-state index in [0.29, 0.717) is 28.0 Å². The summed E-state index contributed by atoms with van der Waals surface area (Å²) >= 11 is 0. The molecule has 2 aromatic carbocycles. The number of halogens is 1. The molecule has 5 rings (SSSR count). The average molecular weight is 416 g/mol. The third kappa shape index (κ3) is 2.72. The molecule has 0 saturated heterocycles. The van der Waals surface area contributed by atoms with Crippen LogP contribution in [0, 0.1) is 19.7 Å². The molecule has 2 amide bonds. The number of hydrogen-bond acceptors (Lipinski definition) is 5. The van der Waals surface area contributed by atoms with E-state index in [9.17, 15) is 14.0 Å². The summed E-state index contributed by atoms with van der Waals surface area (Å²) in [5.74, 6) is -1.13. The van der Waals surface area contributed by atoms with Gasteiger partial charge in [-0.1, -0.05) is 6.07 Å². The molecule has 154 valence electrons. The number of methoxy groups -OCH3 is 1. The maximum absolute atomic E-state index is 14.6. The number of fused-ring (bicyclic) bond motifs is 3. The number of hydrogen-bond donors (Lipinski definition) is 0. The predicted octanol–water partition coefficient (Wildman–Crippen LogP) is 3.99. The molecule has 0 aliphatic carbocycles. The van der Waals surface area contributed by atoms with Gasteiger partial charge in [0, 0.05) is 6.20 Å². The fourth-order valence-corrected chi connectivity index (χ4v) is 3.88. The molecule has 0 unspecified atom stereocenters. The summed E-state index contributed by atoms with van der Waals surface area (Å²) in [6.07, 6.45) is 1.35. The first-order chi connectivity index (χ1) is 14.9. The number of amides is 2. The van der Waals surface area contributed by atoms with Crippen LogP contribution in [0.5, 0.6) is 5.75 Å². The summed E-state index contributed by atoms with van der Waals surface area (Å²) < 4.78 is 21.4. The molecule has 0 radical (unpaired) electrons. The molecule has 3 heterocycles. The molecule has 0 bridgehead atoms. The Balaban J connectivity index is 1.68. The topological polar surface area (TPSA) is 77.3 Å². The largest absolute Gasteiger partial charge is 0.497 e. The molecule has 2 aromatic heterocycles. The lowest BCUT2D eigenvalue weighted by atomic mass is 10.1. The van der Waals surface area contributed by atoms with Gasteiger partial charge in [-0.2, -0.15) is 5.10 Å². The van der Waals surface area contributed by atoms with Gasteiger partial charge in [0.05, 0.1) is 40.7 Å². The number of nitrogens with zero attached hydrogens (tertiary/aromatic N) is 4. The first-order valence-electron chi connectivity index (χ1n) is 9.58. The summed E-state index contributed by atoms with van der Waals surface area (Å²) in [5, 5.41) is 5.01. The molecule has 0 fully saturated rings. The Kier molecular flexibility index (Phi) is 4.11. The molecular weight excluding hydrogens is 399 g/mol. The third-order valence-electron chi connectivity index (χ3n) is 5.38. The first-order valence-corrected chi connectivity index (χ1v) is 9.58. The molecule has 4 aromatic rings. The molecule has 1 aliphatic heterocycles. The minimum Gasteiger partial charge on any atom is -0.497 e. The Morgan fingerprint density at radius 1 is 1.00 bits per heavy atom. The van der Waals surface area contributed by atoms with Crippen molar-refractivity contribution in [1.82, 2.24) is 14.8 Å². The van der Waals surface area contributed by atoms with E-state index in [4.69, 9.17) is 4.74 Å². The average Bonchev–Trinajstić information content (AvgIpc) is 3.23. The van der Waals surface area contributed by atoms with Crippen LogP contribution in [-0.4, -0.2) is 33.7 Å². The number of pyridine rings is 1. The van der Waals surface area contributed by atoms with Crippen molar-refractivity contribution in [2.45, 2.75) is 13.8 Å². The SMILES string of the molecule is COc1ccc(-n2nc(C)c3c4c(cnc32)C(=O)N(c2ccc(C)cc2F)C4=O)cc1. The van der Waals surface area contributed by atoms with Gasteiger partial charge in [0.25, 0.3) is 11.8 Å². The van der Waals surface area contributed by atoms with Gasteiger partial charge in [-0.05, 0) is 55.8 Å². The van der Waals surface area contributed by atoms with Crippen molar-refractivity contribution in [3.8, 4) is 11.4 Å². The highest BCUT2D eigenvalue weighted by Gasteiger charge is 2.41. The van der Waals surface area contributed by atoms with E-state index in [0.717, 1.165) is 10.6 Å². The van der Waals surface area contributed by atoms with E-state index < -0.39 is 17.6 Å². The summed E-state index contributed by atoms with van der Waals surface area (Å²) in [5.41, 5.74) is 2.65. The second-order valence-corrected chi connectivity index (χ2v) is 7.34. The Labute approximate surface area is 176 Å². The number of aromatic nitrogens is 3. The maximum Gasteiger partial charge on any atom is 0.267 e. The molecule has 0 N–H and O–H groups in total. The number of aryl methyl sites for hydroxylation is 2. The van der Waals surface area contributed by atoms with Gasteiger partial charge in [0.15, 0.2) is 5.65 Å². The van der Waals surface area contributed by atoms with Gasteiger partial charge in [-0.3, -0.25) is 9.59 Å². The van der Waals surface area contributed by atoms with Crippen molar-refractivity contribution in [3.05, 3.63) is 76.9 Å². The number of benzene rings is 2. The lowest BCUT2D eigenvalue weighted by Gasteiger charge is -2.15. The number of carbonyl (C=O) groups excluding carboxylic acids is 2. The maximum atomic E-state index is 14.6. The molecule has 0 spiro atoms. The summed E-state index contributed by atoms with van der Waals surface area (Å²) in [7, 11) is 1.58. The van der Waals surface area contributed by atoms with Crippen LogP contribution in [0.4, 0.5) is 10.1 Å². The van der Waals surface area contributed by atoms with Crippen LogP contribution in [0.1, 0.15) is 32.0 Å². The van der Waals surface area contributed by atoms with Crippen molar-refractivity contribution in [2.75, 3.05) is 12.0 Å². The smallest absolute Gasteiger partial charge is 0.267 e. The molecule has 7 nitrogen and oxygen atoms in total. The van der Waals surface area contributed by atoms with E-state index in [2.05, 4.69) is 10.1 Å². The molecule has 8 heteroatoms. The highest BCUT2D eigenvalue weighted by atomic mass is 19.1. The Hall–Kier alpha value is -4.07. The van der Waals surface area contributed by atoms with E-state index in [1.807, 2.05) is 12.1 Å². The van der Waals surface area contributed by atoms with Gasteiger partial charge in [-0.25, -0.2) is 19.0 Å². The van der Waals surface area contributed by atoms with Crippen LogP contribution >= 0.6 is 0 Å². The fraction of sp³-hybridized carbons (Fsp3) is 0.130. The minimum absolute atomic E-state index is 0.0786. The standard InChI is InChI=1S/C23H17FN4O3/c1-12-4-9-18(17(24)10-12)27-22(29)16-11-25-21-19(20(16)23(27)30)13(2)26-28(21)14-5-7-15(31-3)8-6-14/h4-11H,1-3H3. The third-order valence-corrected chi connectivity index (χ3v) is 5.38. The monoisotopic (exact) mass is 416 g/mol. The minimum atomic E-state index is -0.635. The van der Waals surface area contributed by atoms with Crippen molar-refractivity contribution in [3.63, 3.8) is 0 Å². The Morgan fingerprint density at radius 3 is 2.42 bits per heavy atom. The van der Waals surface area contributed by atoms with Crippen LogP contribution in [0.2, 0.25) is 0 Å². The lowest BCUT2D eigenvalue weighted by molar-refractivity contribution is 0.0925. The number of rotatable bonds is 3. The number of anilines is 1. The molecule has 0 saturated carbocycles. The first kappa shape index (κ1) is 18.9. The molecule has 31 heavy (non-hydrogen) atoms. The van der Waals surface area contributed by atoms with Crippen molar-refractivity contribution in [1.29, 1.82) is 0 Å². The van der Waals surface area contributed by atoms with E-state index in [1.165, 1.54) is 18.3 Å². The number of carbonyl (C=O) groups is 2. The highest BCUT2D eigenvalue weighted by Crippen LogP contribution is 2.35. The summed E-state index contributed by atoms with van der Waals surface area (Å²) in [6, 6.07) is 11.6. The van der Waals surface area contributed by atoms with Crippen molar-refractivity contribution >= 4 is 28.5 Å².